The van der Waals surface area contributed by atoms with Crippen molar-refractivity contribution >= 4 is 29.6 Å². The topological polar surface area (TPSA) is 75.4 Å². The first kappa shape index (κ1) is 19.1. The van der Waals surface area contributed by atoms with E-state index in [1.807, 2.05) is 0 Å². The molecule has 0 spiro atoms. The van der Waals surface area contributed by atoms with Gasteiger partial charge in [0, 0.05) is 18.7 Å². The van der Waals surface area contributed by atoms with Crippen molar-refractivity contribution in [2.45, 2.75) is 31.7 Å². The van der Waals surface area contributed by atoms with E-state index >= 15 is 0 Å². The summed E-state index contributed by atoms with van der Waals surface area (Å²) in [5, 5.41) is 6.76. The predicted octanol–water partition coefficient (Wildman–Crippen LogP) is 3.73. The maximum absolute atomic E-state index is 13.2. The predicted molar refractivity (Wildman–Crippen MR) is 99.1 cm³/mol. The Hall–Kier alpha value is -2.67. The van der Waals surface area contributed by atoms with Crippen LogP contribution in [0.1, 0.15) is 36.2 Å². The average molecular weight is 392 g/mol. The lowest BCUT2D eigenvalue weighted by Crippen LogP contribution is -2.36. The first-order chi connectivity index (χ1) is 13.1. The van der Waals surface area contributed by atoms with E-state index in [0.29, 0.717) is 25.1 Å². The number of benzene rings is 1. The molecule has 1 atom stereocenters. The van der Waals surface area contributed by atoms with Gasteiger partial charge in [-0.05, 0) is 43.9 Å². The highest BCUT2D eigenvalue weighted by molar-refractivity contribution is 6.33. The van der Waals surface area contributed by atoms with E-state index in [1.54, 1.807) is 0 Å². The Morgan fingerprint density at radius 3 is 2.93 bits per heavy atom. The number of rotatable bonds is 7. The zero-order chi connectivity index (χ0) is 19.2. The normalized spacial score (nSPS) is 16.5. The third kappa shape index (κ3) is 4.95. The molecule has 1 aliphatic carbocycles. The van der Waals surface area contributed by atoms with Gasteiger partial charge in [-0.1, -0.05) is 28.4 Å². The van der Waals surface area contributed by atoms with Gasteiger partial charge in [0.05, 0.1) is 10.7 Å². The summed E-state index contributed by atoms with van der Waals surface area (Å²) in [7, 11) is 0. The second kappa shape index (κ2) is 8.81. The fourth-order valence-corrected chi connectivity index (χ4v) is 3.32. The number of carbonyl (C=O) groups excluding carboxylic acids is 2. The lowest BCUT2D eigenvalue weighted by atomic mass is 9.93. The Bertz CT molecular complexity index is 839. The quantitative estimate of drug-likeness (QED) is 0.576. The number of hydrogen-bond donors (Lipinski definition) is 1. The van der Waals surface area contributed by atoms with Crippen LogP contribution in [-0.2, 0) is 4.79 Å². The van der Waals surface area contributed by atoms with Crippen LogP contribution >= 0.6 is 11.6 Å². The van der Waals surface area contributed by atoms with Gasteiger partial charge in [-0.25, -0.2) is 4.39 Å². The van der Waals surface area contributed by atoms with Gasteiger partial charge in [-0.3, -0.25) is 9.59 Å². The van der Waals surface area contributed by atoms with E-state index in [4.69, 9.17) is 11.6 Å². The molecule has 1 N–H and O–H groups in total. The number of nitrogens with one attached hydrogen (secondary N) is 1. The second-order valence-electron chi connectivity index (χ2n) is 6.34. The number of carbonyl (C=O) groups is 2. The average Bonchev–Trinajstić information content (AvgIpc) is 3.20. The summed E-state index contributed by atoms with van der Waals surface area (Å²) in [5.41, 5.74) is 1.97. The fourth-order valence-electron chi connectivity index (χ4n) is 3.04. The van der Waals surface area contributed by atoms with Gasteiger partial charge in [0.1, 0.15) is 12.1 Å². The van der Waals surface area contributed by atoms with Gasteiger partial charge >= 0.3 is 0 Å². The van der Waals surface area contributed by atoms with Gasteiger partial charge in [-0.15, -0.1) is 0 Å². The SMILES string of the molecule is O=CN(CCC1=CC[C@H](NC(=O)c2ccon2)CC1)c1ccc(F)cc1Cl. The second-order valence-corrected chi connectivity index (χ2v) is 6.74. The molecule has 0 aliphatic heterocycles. The summed E-state index contributed by atoms with van der Waals surface area (Å²) in [5.74, 6) is -0.688. The Balaban J connectivity index is 1.52. The molecule has 2 aromatic rings. The maximum atomic E-state index is 13.2. The summed E-state index contributed by atoms with van der Waals surface area (Å²) in [6.07, 6.45) is 7.20. The minimum Gasteiger partial charge on any atom is -0.364 e. The molecule has 8 heteroatoms. The van der Waals surface area contributed by atoms with Crippen LogP contribution < -0.4 is 10.2 Å². The molecule has 1 aromatic carbocycles. The Kier molecular flexibility index (Phi) is 6.24. The summed E-state index contributed by atoms with van der Waals surface area (Å²) >= 11 is 6.03. The van der Waals surface area contributed by atoms with Gasteiger partial charge in [-0.2, -0.15) is 0 Å². The molecule has 27 heavy (non-hydrogen) atoms. The number of halogens is 2. The van der Waals surface area contributed by atoms with E-state index in [1.165, 1.54) is 41.0 Å². The van der Waals surface area contributed by atoms with Crippen molar-refractivity contribution in [3.8, 4) is 0 Å². The van der Waals surface area contributed by atoms with Crippen LogP contribution in [0.3, 0.4) is 0 Å². The van der Waals surface area contributed by atoms with E-state index in [2.05, 4.69) is 21.1 Å². The molecule has 0 saturated heterocycles. The van der Waals surface area contributed by atoms with E-state index < -0.39 is 5.82 Å². The van der Waals surface area contributed by atoms with Gasteiger partial charge in [0.25, 0.3) is 5.91 Å². The Morgan fingerprint density at radius 1 is 1.44 bits per heavy atom. The molecule has 6 nitrogen and oxygen atoms in total. The van der Waals surface area contributed by atoms with Crippen LogP contribution in [0, 0.1) is 5.82 Å². The third-order valence-corrected chi connectivity index (χ3v) is 4.83. The zero-order valence-electron chi connectivity index (χ0n) is 14.5. The first-order valence-electron chi connectivity index (χ1n) is 8.63. The van der Waals surface area contributed by atoms with Crippen molar-refractivity contribution in [3.05, 3.63) is 58.7 Å². The largest absolute Gasteiger partial charge is 0.364 e. The molecule has 2 amide bonds. The van der Waals surface area contributed by atoms with Crippen LogP contribution in [0.2, 0.25) is 5.02 Å². The maximum Gasteiger partial charge on any atom is 0.273 e. The number of nitrogens with zero attached hydrogens (tertiary/aromatic N) is 2. The highest BCUT2D eigenvalue weighted by Gasteiger charge is 2.19. The molecular weight excluding hydrogens is 373 g/mol. The van der Waals surface area contributed by atoms with Crippen LogP contribution in [-0.4, -0.2) is 30.1 Å². The molecule has 142 valence electrons. The molecule has 0 fully saturated rings. The van der Waals surface area contributed by atoms with Crippen LogP contribution in [0.4, 0.5) is 10.1 Å². The molecule has 0 radical (unpaired) electrons. The fraction of sp³-hybridized carbons (Fsp3) is 0.316. The third-order valence-electron chi connectivity index (χ3n) is 4.53. The molecule has 1 heterocycles. The van der Waals surface area contributed by atoms with Crippen LogP contribution in [0.5, 0.6) is 0 Å². The lowest BCUT2D eigenvalue weighted by Gasteiger charge is -2.24. The van der Waals surface area contributed by atoms with Gasteiger partial charge in [0.15, 0.2) is 5.69 Å². The smallest absolute Gasteiger partial charge is 0.273 e. The number of aromatic nitrogens is 1. The van der Waals surface area contributed by atoms with Crippen LogP contribution in [0.25, 0.3) is 0 Å². The number of hydrogen-bond acceptors (Lipinski definition) is 4. The highest BCUT2D eigenvalue weighted by Crippen LogP contribution is 2.27. The monoisotopic (exact) mass is 391 g/mol. The minimum atomic E-state index is -0.441. The standard InChI is InChI=1S/C19H19ClFN3O3/c20-16-11-14(21)3-6-18(16)24(12-25)9-7-13-1-4-15(5-2-13)22-19(26)17-8-10-27-23-17/h1,3,6,8,10-12,15H,2,4-5,7,9H2,(H,22,26)/t15-/m0/s1. The first-order valence-corrected chi connectivity index (χ1v) is 9.00. The summed E-state index contributed by atoms with van der Waals surface area (Å²) < 4.78 is 17.8. The van der Waals surface area contributed by atoms with Gasteiger partial charge in [0.2, 0.25) is 6.41 Å². The van der Waals surface area contributed by atoms with Gasteiger partial charge < -0.3 is 14.7 Å². The van der Waals surface area contributed by atoms with Crippen molar-refractivity contribution in [1.82, 2.24) is 10.5 Å². The zero-order valence-corrected chi connectivity index (χ0v) is 15.3. The van der Waals surface area contributed by atoms with Crippen molar-refractivity contribution in [3.63, 3.8) is 0 Å². The molecule has 3 rings (SSSR count). The number of amides is 2. The molecule has 1 aliphatic rings. The Labute approximate surface area is 161 Å². The minimum absolute atomic E-state index is 0.0478. The number of anilines is 1. The van der Waals surface area contributed by atoms with Crippen molar-refractivity contribution in [2.75, 3.05) is 11.4 Å². The molecular formula is C19H19ClFN3O3. The van der Waals surface area contributed by atoms with E-state index in [9.17, 15) is 14.0 Å². The van der Waals surface area contributed by atoms with E-state index in [-0.39, 0.29) is 22.7 Å². The molecule has 1 aromatic heterocycles. The summed E-state index contributed by atoms with van der Waals surface area (Å²) in [6.45, 7) is 0.455. The van der Waals surface area contributed by atoms with Crippen molar-refractivity contribution in [2.24, 2.45) is 0 Å². The van der Waals surface area contributed by atoms with Crippen molar-refractivity contribution < 1.29 is 18.5 Å². The summed E-state index contributed by atoms with van der Waals surface area (Å²) in [4.78, 5) is 24.9. The molecule has 0 bridgehead atoms. The van der Waals surface area contributed by atoms with Crippen LogP contribution in [0.15, 0.2) is 46.7 Å². The van der Waals surface area contributed by atoms with E-state index in [0.717, 1.165) is 19.3 Å². The summed E-state index contributed by atoms with van der Waals surface area (Å²) in [6, 6.07) is 5.53. The molecule has 0 saturated carbocycles. The Morgan fingerprint density at radius 2 is 2.30 bits per heavy atom. The molecule has 0 unspecified atom stereocenters. The van der Waals surface area contributed by atoms with Crippen molar-refractivity contribution in [1.29, 1.82) is 0 Å². The lowest BCUT2D eigenvalue weighted by molar-refractivity contribution is -0.107. The highest BCUT2D eigenvalue weighted by atomic mass is 35.5.